The number of sulfonamides is 1. The van der Waals surface area contributed by atoms with Crippen LogP contribution in [-0.2, 0) is 10.0 Å². The summed E-state index contributed by atoms with van der Waals surface area (Å²) < 4.78 is 62.8. The SMILES string of the molecule is CNc1cccnc1S(=O)(=O)N(CC(F)(F)F)C(C)C. The van der Waals surface area contributed by atoms with E-state index in [1.165, 1.54) is 39.2 Å². The van der Waals surface area contributed by atoms with Gasteiger partial charge >= 0.3 is 6.18 Å². The Labute approximate surface area is 115 Å². The summed E-state index contributed by atoms with van der Waals surface area (Å²) in [7, 11) is -2.86. The molecule has 1 rings (SSSR count). The molecule has 5 nitrogen and oxygen atoms in total. The number of aromatic nitrogens is 1. The van der Waals surface area contributed by atoms with E-state index in [0.717, 1.165) is 0 Å². The van der Waals surface area contributed by atoms with E-state index in [0.29, 0.717) is 4.31 Å². The standard InChI is InChI=1S/C11H16F3N3O2S/c1-8(2)17(7-11(12,13)14)20(18,19)10-9(15-3)5-4-6-16-10/h4-6,8,15H,7H2,1-3H3. The Kier molecular flexibility index (Phi) is 4.98. The summed E-state index contributed by atoms with van der Waals surface area (Å²) in [5.74, 6) is 0. The Morgan fingerprint density at radius 3 is 2.45 bits per heavy atom. The largest absolute Gasteiger partial charge is 0.402 e. The molecule has 9 heteroatoms. The first-order valence-corrected chi connectivity index (χ1v) is 7.25. The lowest BCUT2D eigenvalue weighted by atomic mass is 10.4. The summed E-state index contributed by atoms with van der Waals surface area (Å²) in [6.45, 7) is 1.21. The number of nitrogens with one attached hydrogen (secondary N) is 1. The van der Waals surface area contributed by atoms with Gasteiger partial charge in [0.1, 0.15) is 6.54 Å². The Morgan fingerprint density at radius 2 is 2.00 bits per heavy atom. The fraction of sp³-hybridized carbons (Fsp3) is 0.545. The second kappa shape index (κ2) is 5.96. The topological polar surface area (TPSA) is 62.3 Å². The lowest BCUT2D eigenvalue weighted by Crippen LogP contribution is -2.43. The molecule has 0 unspecified atom stereocenters. The van der Waals surface area contributed by atoms with Crippen LogP contribution in [0.3, 0.4) is 0 Å². The molecule has 0 aliphatic rings. The van der Waals surface area contributed by atoms with Gasteiger partial charge in [0.05, 0.1) is 5.69 Å². The number of hydrogen-bond donors (Lipinski definition) is 1. The molecule has 0 aromatic carbocycles. The molecule has 1 N–H and O–H groups in total. The first-order chi connectivity index (χ1) is 9.09. The first-order valence-electron chi connectivity index (χ1n) is 5.81. The zero-order valence-corrected chi connectivity index (χ0v) is 12.1. The van der Waals surface area contributed by atoms with E-state index in [1.807, 2.05) is 0 Å². The number of halogens is 3. The number of pyridine rings is 1. The van der Waals surface area contributed by atoms with Crippen LogP contribution in [0.4, 0.5) is 18.9 Å². The molecule has 0 spiro atoms. The van der Waals surface area contributed by atoms with Gasteiger partial charge in [-0.2, -0.15) is 17.5 Å². The number of nitrogens with zero attached hydrogens (tertiary/aromatic N) is 2. The van der Waals surface area contributed by atoms with Gasteiger partial charge in [0.25, 0.3) is 10.0 Å². The van der Waals surface area contributed by atoms with Gasteiger partial charge < -0.3 is 5.32 Å². The fourth-order valence-electron chi connectivity index (χ4n) is 1.62. The number of rotatable bonds is 5. The predicted molar refractivity (Wildman–Crippen MR) is 68.9 cm³/mol. The smallest absolute Gasteiger partial charge is 0.386 e. The number of anilines is 1. The van der Waals surface area contributed by atoms with Crippen molar-refractivity contribution in [3.63, 3.8) is 0 Å². The molecule has 0 bridgehead atoms. The summed E-state index contributed by atoms with van der Waals surface area (Å²) in [6.07, 6.45) is -3.40. The molecule has 0 radical (unpaired) electrons. The first kappa shape index (κ1) is 16.7. The second-order valence-electron chi connectivity index (χ2n) is 4.37. The van der Waals surface area contributed by atoms with E-state index in [2.05, 4.69) is 10.3 Å². The van der Waals surface area contributed by atoms with Gasteiger partial charge in [-0.15, -0.1) is 0 Å². The Morgan fingerprint density at radius 1 is 1.40 bits per heavy atom. The molecule has 1 aromatic heterocycles. The molecular formula is C11H16F3N3O2S. The molecule has 0 amide bonds. The fourth-order valence-corrected chi connectivity index (χ4v) is 3.36. The Hall–Kier alpha value is -1.35. The van der Waals surface area contributed by atoms with Gasteiger partial charge in [0.2, 0.25) is 0 Å². The lowest BCUT2D eigenvalue weighted by molar-refractivity contribution is -0.138. The van der Waals surface area contributed by atoms with E-state index in [9.17, 15) is 21.6 Å². The highest BCUT2D eigenvalue weighted by Crippen LogP contribution is 2.27. The summed E-state index contributed by atoms with van der Waals surface area (Å²) in [5.41, 5.74) is 0.153. The monoisotopic (exact) mass is 311 g/mol. The van der Waals surface area contributed by atoms with Gasteiger partial charge in [-0.1, -0.05) is 0 Å². The van der Waals surface area contributed by atoms with Gasteiger partial charge in [-0.25, -0.2) is 13.4 Å². The van der Waals surface area contributed by atoms with Gasteiger partial charge in [-0.3, -0.25) is 0 Å². The van der Waals surface area contributed by atoms with Crippen LogP contribution in [0.2, 0.25) is 0 Å². The molecule has 0 atom stereocenters. The van der Waals surface area contributed by atoms with Crippen LogP contribution in [0, 0.1) is 0 Å². The van der Waals surface area contributed by atoms with Gasteiger partial charge in [-0.05, 0) is 26.0 Å². The van der Waals surface area contributed by atoms with Crippen LogP contribution in [0.15, 0.2) is 23.4 Å². The second-order valence-corrected chi connectivity index (χ2v) is 6.17. The van der Waals surface area contributed by atoms with Crippen LogP contribution in [0.1, 0.15) is 13.8 Å². The average molecular weight is 311 g/mol. The van der Waals surface area contributed by atoms with Crippen LogP contribution in [-0.4, -0.2) is 43.5 Å². The summed E-state index contributed by atoms with van der Waals surface area (Å²) in [4.78, 5) is 3.70. The van der Waals surface area contributed by atoms with E-state index >= 15 is 0 Å². The molecule has 0 aliphatic carbocycles. The normalized spacial score (nSPS) is 13.0. The molecule has 0 aliphatic heterocycles. The third kappa shape index (κ3) is 3.83. The van der Waals surface area contributed by atoms with Crippen LogP contribution in [0.25, 0.3) is 0 Å². The molecule has 0 saturated heterocycles. The van der Waals surface area contributed by atoms with Crippen molar-refractivity contribution in [2.45, 2.75) is 31.1 Å². The highest BCUT2D eigenvalue weighted by molar-refractivity contribution is 7.89. The Balaban J connectivity index is 3.30. The van der Waals surface area contributed by atoms with Crippen molar-refractivity contribution in [1.82, 2.24) is 9.29 Å². The maximum Gasteiger partial charge on any atom is 0.402 e. The van der Waals surface area contributed by atoms with Crippen molar-refractivity contribution in [1.29, 1.82) is 0 Å². The average Bonchev–Trinajstić information content (AvgIpc) is 2.34. The van der Waals surface area contributed by atoms with Gasteiger partial charge in [0.15, 0.2) is 5.03 Å². The minimum absolute atomic E-state index is 0.153. The van der Waals surface area contributed by atoms with Crippen molar-refractivity contribution in [3.8, 4) is 0 Å². The lowest BCUT2D eigenvalue weighted by Gasteiger charge is -2.27. The highest BCUT2D eigenvalue weighted by Gasteiger charge is 2.39. The van der Waals surface area contributed by atoms with Crippen molar-refractivity contribution in [2.75, 3.05) is 18.9 Å². The zero-order valence-electron chi connectivity index (χ0n) is 11.3. The number of alkyl halides is 3. The molecular weight excluding hydrogens is 295 g/mol. The summed E-state index contributed by atoms with van der Waals surface area (Å²) in [5, 5.41) is 2.19. The molecule has 0 fully saturated rings. The van der Waals surface area contributed by atoms with Crippen molar-refractivity contribution < 1.29 is 21.6 Å². The zero-order chi connectivity index (χ0) is 15.6. The van der Waals surface area contributed by atoms with E-state index in [4.69, 9.17) is 0 Å². The highest BCUT2D eigenvalue weighted by atomic mass is 32.2. The van der Waals surface area contributed by atoms with E-state index in [1.54, 1.807) is 0 Å². The molecule has 1 aromatic rings. The molecule has 0 saturated carbocycles. The van der Waals surface area contributed by atoms with Crippen molar-refractivity contribution in [2.24, 2.45) is 0 Å². The third-order valence-electron chi connectivity index (χ3n) is 2.50. The summed E-state index contributed by atoms with van der Waals surface area (Å²) >= 11 is 0. The maximum atomic E-state index is 12.6. The molecule has 1 heterocycles. The summed E-state index contributed by atoms with van der Waals surface area (Å²) in [6, 6.07) is 2.09. The van der Waals surface area contributed by atoms with Gasteiger partial charge in [0, 0.05) is 19.3 Å². The maximum absolute atomic E-state index is 12.6. The van der Waals surface area contributed by atoms with E-state index in [-0.39, 0.29) is 5.69 Å². The predicted octanol–water partition coefficient (Wildman–Crippen LogP) is 2.08. The molecule has 20 heavy (non-hydrogen) atoms. The van der Waals surface area contributed by atoms with Crippen LogP contribution >= 0.6 is 0 Å². The minimum atomic E-state index is -4.62. The minimum Gasteiger partial charge on any atom is -0.386 e. The number of hydrogen-bond acceptors (Lipinski definition) is 4. The molecule has 114 valence electrons. The van der Waals surface area contributed by atoms with Crippen molar-refractivity contribution >= 4 is 15.7 Å². The van der Waals surface area contributed by atoms with Crippen LogP contribution in [0.5, 0.6) is 0 Å². The van der Waals surface area contributed by atoms with Crippen molar-refractivity contribution in [3.05, 3.63) is 18.3 Å². The van der Waals surface area contributed by atoms with E-state index < -0.39 is 33.8 Å². The Bertz CT molecular complexity index is 558. The van der Waals surface area contributed by atoms with Crippen LogP contribution < -0.4 is 5.32 Å². The quantitative estimate of drug-likeness (QED) is 0.904. The third-order valence-corrected chi connectivity index (χ3v) is 4.49.